The van der Waals surface area contributed by atoms with E-state index in [1.54, 1.807) is 72.9 Å². The standard InChI is InChI=1S/C31H43N5O7.C12H16N4O3.C11H16N4O3.2C2H6/c1-21(37)36(2)16-4-3-5-26(29(41)33-15-12-27(32)39)34-30(42)31(13-17-43-18-14-31)35-28(40)11-7-22-6-8-24-20-25(38)10-9-23(24)19-22;1-16(7-11(13)18)12(19)10(15-8-17)5-9-3-2-4-14-6-9;12-5-6-18-9-3-1-8(2-4-9)7-10(11(13)16)14-15-17;2*1-2/h6,8-10,19-20,26,38H,3-5,7,11-18H2,1-2H3,(H2,32,39)(H,33,41)(H,34,42)(H,35,40);2-4,6,8,10H,5,7H2,1H3,(H2,13,18)(H,15,17);1-4,10H,5-7,12H2,(H2,13,16)(H,14,17);2*1-2H3/t26-;2*10-;;/m000../s1. The van der Waals surface area contributed by atoms with Gasteiger partial charge in [-0.1, -0.05) is 70.2 Å². The van der Waals surface area contributed by atoms with Crippen LogP contribution in [-0.2, 0) is 67.2 Å². The van der Waals surface area contributed by atoms with Crippen LogP contribution in [-0.4, -0.2) is 157 Å². The van der Waals surface area contributed by atoms with Crippen LogP contribution in [0.4, 0.5) is 0 Å². The number of rotatable bonds is 30. The van der Waals surface area contributed by atoms with Gasteiger partial charge in [0.1, 0.15) is 41.8 Å². The maximum atomic E-state index is 13.7. The zero-order valence-electron chi connectivity index (χ0n) is 49.4. The van der Waals surface area contributed by atoms with Crippen molar-refractivity contribution in [1.82, 2.24) is 41.5 Å². The van der Waals surface area contributed by atoms with E-state index < -0.39 is 53.2 Å². The number of aromatic nitrogens is 1. The van der Waals surface area contributed by atoms with Crippen molar-refractivity contribution >= 4 is 64.4 Å². The summed E-state index contributed by atoms with van der Waals surface area (Å²) < 4.78 is 10.8. The second kappa shape index (κ2) is 41.2. The molecule has 1 aliphatic heterocycles. The summed E-state index contributed by atoms with van der Waals surface area (Å²) in [6.07, 6.45) is 6.84. The van der Waals surface area contributed by atoms with Gasteiger partial charge in [-0.3, -0.25) is 53.6 Å². The third kappa shape index (κ3) is 28.3. The summed E-state index contributed by atoms with van der Waals surface area (Å²) in [7, 11) is 3.15. The lowest BCUT2D eigenvalue weighted by Gasteiger charge is -2.37. The summed E-state index contributed by atoms with van der Waals surface area (Å²) in [5, 5.41) is 24.9. The number of phenolic OH excluding ortho intramolecular Hbond substituents is 1. The minimum Gasteiger partial charge on any atom is -0.508 e. The fourth-order valence-corrected chi connectivity index (χ4v) is 8.05. The van der Waals surface area contributed by atoms with Crippen LogP contribution in [0, 0.1) is 4.91 Å². The van der Waals surface area contributed by atoms with Crippen molar-refractivity contribution < 1.29 is 57.7 Å². The molecule has 1 aromatic heterocycles. The maximum Gasteiger partial charge on any atom is 0.246 e. The predicted molar refractivity (Wildman–Crippen MR) is 318 cm³/mol. The minimum atomic E-state index is -1.24. The number of likely N-dealkylation sites (N-methyl/N-ethyl adjacent to an activating group) is 1. The quantitative estimate of drug-likeness (QED) is 0.0154. The van der Waals surface area contributed by atoms with Crippen LogP contribution >= 0.6 is 0 Å². The lowest BCUT2D eigenvalue weighted by Crippen LogP contribution is -2.63. The number of amides is 9. The normalized spacial score (nSPS) is 12.8. The second-order valence-electron chi connectivity index (χ2n) is 18.8. The fourth-order valence-electron chi connectivity index (χ4n) is 8.05. The van der Waals surface area contributed by atoms with E-state index in [0.717, 1.165) is 27.5 Å². The highest BCUT2D eigenvalue weighted by Crippen LogP contribution is 2.24. The van der Waals surface area contributed by atoms with Gasteiger partial charge in [-0.05, 0) is 83.5 Å². The van der Waals surface area contributed by atoms with Crippen molar-refractivity contribution in [1.29, 1.82) is 0 Å². The van der Waals surface area contributed by atoms with Crippen LogP contribution in [0.5, 0.6) is 11.5 Å². The Morgan fingerprint density at radius 1 is 0.810 bits per heavy atom. The lowest BCUT2D eigenvalue weighted by atomic mass is 9.88. The topological polar surface area (TPSA) is 405 Å². The average Bonchev–Trinajstić information content (AvgIpc) is 3.16. The molecule has 4 aromatic rings. The van der Waals surface area contributed by atoms with Crippen LogP contribution in [0.15, 0.2) is 90.5 Å². The molecule has 0 aliphatic carbocycles. The highest BCUT2D eigenvalue weighted by molar-refractivity contribution is 5.95. The molecule has 5 rings (SSSR count). The molecule has 2 heterocycles. The number of carbonyl (C=O) groups is 9. The molecule has 26 nitrogen and oxygen atoms in total. The minimum absolute atomic E-state index is 0.0349. The van der Waals surface area contributed by atoms with Gasteiger partial charge >= 0.3 is 0 Å². The Morgan fingerprint density at radius 3 is 2.04 bits per heavy atom. The highest BCUT2D eigenvalue weighted by Gasteiger charge is 2.42. The first kappa shape index (κ1) is 73.2. The molecule has 0 saturated carbocycles. The van der Waals surface area contributed by atoms with Gasteiger partial charge in [-0.15, -0.1) is 4.91 Å². The van der Waals surface area contributed by atoms with E-state index in [1.807, 2.05) is 52.0 Å². The Hall–Kier alpha value is -8.78. The van der Waals surface area contributed by atoms with E-state index in [9.17, 15) is 53.2 Å². The molecule has 26 heteroatoms. The van der Waals surface area contributed by atoms with Crippen molar-refractivity contribution in [3.05, 3.63) is 107 Å². The Balaban J connectivity index is 0.000000709. The maximum absolute atomic E-state index is 13.7. The van der Waals surface area contributed by atoms with Gasteiger partial charge in [-0.25, -0.2) is 0 Å². The molecule has 462 valence electrons. The summed E-state index contributed by atoms with van der Waals surface area (Å²) in [5.74, 6) is -2.56. The first-order chi connectivity index (χ1) is 40.2. The van der Waals surface area contributed by atoms with E-state index in [2.05, 4.69) is 37.0 Å². The molecule has 14 N–H and O–H groups in total. The summed E-state index contributed by atoms with van der Waals surface area (Å²) in [5.41, 5.74) is 24.1. The number of fused-ring (bicyclic) bond motifs is 1. The van der Waals surface area contributed by atoms with Crippen LogP contribution in [0.1, 0.15) is 96.3 Å². The van der Waals surface area contributed by atoms with Crippen molar-refractivity contribution in [3.8, 4) is 11.5 Å². The first-order valence-electron chi connectivity index (χ1n) is 27.8. The molecule has 0 bridgehead atoms. The number of primary amides is 3. The Labute approximate surface area is 491 Å². The largest absolute Gasteiger partial charge is 0.508 e. The number of nitrogens with one attached hydrogen (secondary N) is 5. The summed E-state index contributed by atoms with van der Waals surface area (Å²) in [4.78, 5) is 124. The Bertz CT molecular complexity index is 2680. The lowest BCUT2D eigenvalue weighted by molar-refractivity contribution is -0.139. The molecule has 1 aliphatic rings. The number of ether oxygens (including phenoxy) is 2. The van der Waals surface area contributed by atoms with Crippen molar-refractivity contribution in [2.24, 2.45) is 28.2 Å². The van der Waals surface area contributed by atoms with E-state index in [0.29, 0.717) is 64.0 Å². The van der Waals surface area contributed by atoms with Crippen molar-refractivity contribution in [3.63, 3.8) is 0 Å². The Kier molecular flexibility index (Phi) is 36.0. The molecular weight excluding hydrogens is 1090 g/mol. The van der Waals surface area contributed by atoms with Crippen molar-refractivity contribution in [2.75, 3.05) is 60.1 Å². The average molecular weight is 1170 g/mol. The molecule has 0 radical (unpaired) electrons. The number of nitrogens with two attached hydrogens (primary N) is 4. The third-order valence-electron chi connectivity index (χ3n) is 12.6. The number of hydrogen-bond acceptors (Lipinski definition) is 16. The molecule has 3 atom stereocenters. The number of nitrogens with zero attached hydrogens (tertiary/aromatic N) is 4. The van der Waals surface area contributed by atoms with Crippen LogP contribution in [0.2, 0.25) is 0 Å². The number of aromatic hydroxyl groups is 1. The number of unbranched alkanes of at least 4 members (excludes halogenated alkanes) is 1. The van der Waals surface area contributed by atoms with Gasteiger partial charge in [0.05, 0.1) is 11.8 Å². The van der Waals surface area contributed by atoms with Gasteiger partial charge in [0, 0.05) is 105 Å². The molecular formula is C58H87N13O13. The monoisotopic (exact) mass is 1170 g/mol. The SMILES string of the molecule is CC.CC.CC(=O)N(C)CCCC[C@H](NC(=O)C1(NC(=O)CCc2ccc3cc(O)ccc3c2)CCOCC1)C(=O)NCCC(N)=O.CN(CC(N)=O)C(=O)[C@H](Cc1cccnc1)NC=O.NCCOc1ccc(C[C@H](NN=O)C(N)=O)cc1. The van der Waals surface area contributed by atoms with Gasteiger partial charge in [-0.2, -0.15) is 0 Å². The third-order valence-corrected chi connectivity index (χ3v) is 12.6. The van der Waals surface area contributed by atoms with E-state index in [4.69, 9.17) is 32.4 Å². The number of carbonyl (C=O) groups excluding carboxylic acids is 9. The molecule has 3 aromatic carbocycles. The second-order valence-corrected chi connectivity index (χ2v) is 18.8. The summed E-state index contributed by atoms with van der Waals surface area (Å²) in [6, 6.07) is 19.0. The number of nitroso groups, excluding NO2 is 1. The highest BCUT2D eigenvalue weighted by atomic mass is 16.5. The fraction of sp³-hybridized carbons (Fsp3) is 0.483. The molecule has 1 saturated heterocycles. The smallest absolute Gasteiger partial charge is 0.246 e. The van der Waals surface area contributed by atoms with Crippen LogP contribution in [0.3, 0.4) is 0 Å². The predicted octanol–water partition coefficient (Wildman–Crippen LogP) is 1.69. The van der Waals surface area contributed by atoms with Gasteiger partial charge < -0.3 is 68.6 Å². The molecule has 0 spiro atoms. The van der Waals surface area contributed by atoms with E-state index in [-0.39, 0.29) is 81.9 Å². The summed E-state index contributed by atoms with van der Waals surface area (Å²) in [6.45, 7) is 11.3. The molecule has 1 fully saturated rings. The van der Waals surface area contributed by atoms with E-state index in [1.165, 1.54) is 18.9 Å². The number of hydrogen-bond donors (Lipinski definition) is 10. The molecule has 9 amide bonds. The number of benzene rings is 3. The summed E-state index contributed by atoms with van der Waals surface area (Å²) >= 11 is 0. The van der Waals surface area contributed by atoms with Crippen LogP contribution < -0.4 is 54.4 Å². The first-order valence-corrected chi connectivity index (χ1v) is 27.8. The van der Waals surface area contributed by atoms with Crippen LogP contribution in [0.25, 0.3) is 10.8 Å². The van der Waals surface area contributed by atoms with Gasteiger partial charge in [0.2, 0.25) is 53.7 Å². The molecule has 0 unspecified atom stereocenters. The number of phenols is 1. The van der Waals surface area contributed by atoms with E-state index >= 15 is 0 Å². The number of pyridine rings is 1. The zero-order chi connectivity index (χ0) is 63.0. The van der Waals surface area contributed by atoms with Gasteiger partial charge in [0.15, 0.2) is 0 Å². The molecule has 84 heavy (non-hydrogen) atoms. The van der Waals surface area contributed by atoms with Gasteiger partial charge in [0.25, 0.3) is 0 Å². The zero-order valence-corrected chi connectivity index (χ0v) is 49.4. The van der Waals surface area contributed by atoms with Crippen molar-refractivity contribution in [2.45, 2.75) is 122 Å². The Morgan fingerprint density at radius 2 is 1.45 bits per heavy atom. The number of aryl methyl sites for hydroxylation is 1.